The number of hydrogen-bond donors (Lipinski definition) is 2. The number of carbonyl (C=O) groups excluding carboxylic acids is 1. The number of benzene rings is 1. The molecule has 0 bridgehead atoms. The van der Waals surface area contributed by atoms with Crippen LogP contribution in [0.3, 0.4) is 0 Å². The molecule has 1 aliphatic rings. The Bertz CT molecular complexity index is 527. The molecule has 0 aromatic heterocycles. The third-order valence-electron chi connectivity index (χ3n) is 3.89. The van der Waals surface area contributed by atoms with Crippen LogP contribution in [0.2, 0.25) is 0 Å². The van der Waals surface area contributed by atoms with Crippen molar-refractivity contribution in [1.82, 2.24) is 5.32 Å². The van der Waals surface area contributed by atoms with E-state index in [1.54, 1.807) is 0 Å². The zero-order valence-corrected chi connectivity index (χ0v) is 11.4. The van der Waals surface area contributed by atoms with Crippen LogP contribution in [-0.2, 0) is 16.0 Å². The molecule has 1 amide bonds. The number of halogens is 2. The third-order valence-corrected chi connectivity index (χ3v) is 3.89. The summed E-state index contributed by atoms with van der Waals surface area (Å²) in [6, 6.07) is 3.64. The smallest absolute Gasteiger partial charge is 0.306 e. The first-order valence-electron chi connectivity index (χ1n) is 6.92. The van der Waals surface area contributed by atoms with Gasteiger partial charge in [-0.2, -0.15) is 0 Å². The van der Waals surface area contributed by atoms with E-state index < -0.39 is 23.5 Å². The summed E-state index contributed by atoms with van der Waals surface area (Å²) in [5.74, 6) is -3.16. The van der Waals surface area contributed by atoms with Gasteiger partial charge in [-0.3, -0.25) is 9.59 Å². The van der Waals surface area contributed by atoms with Crippen LogP contribution in [0.15, 0.2) is 18.2 Å². The molecule has 21 heavy (non-hydrogen) atoms. The molecule has 1 aromatic rings. The van der Waals surface area contributed by atoms with Gasteiger partial charge in [0, 0.05) is 18.0 Å². The fourth-order valence-electron chi connectivity index (χ4n) is 2.67. The Balaban J connectivity index is 1.81. The normalized spacial score (nSPS) is 21.2. The van der Waals surface area contributed by atoms with Crippen molar-refractivity contribution in [2.24, 2.45) is 11.8 Å². The van der Waals surface area contributed by atoms with Crippen molar-refractivity contribution in [2.75, 3.05) is 6.54 Å². The second-order valence-electron chi connectivity index (χ2n) is 5.29. The topological polar surface area (TPSA) is 66.4 Å². The molecule has 0 radical (unpaired) electrons. The van der Waals surface area contributed by atoms with Gasteiger partial charge in [0.05, 0.1) is 5.92 Å². The second-order valence-corrected chi connectivity index (χ2v) is 5.29. The first-order chi connectivity index (χ1) is 9.99. The highest BCUT2D eigenvalue weighted by molar-refractivity contribution is 5.80. The molecule has 1 aliphatic carbocycles. The van der Waals surface area contributed by atoms with E-state index in [1.165, 1.54) is 18.2 Å². The molecule has 0 saturated heterocycles. The van der Waals surface area contributed by atoms with Crippen LogP contribution in [0, 0.1) is 23.5 Å². The SMILES string of the molecule is O=C(O)[C@@H]1CC[C@H](C(=O)NCCc2c(F)cccc2F)C1. The van der Waals surface area contributed by atoms with Crippen LogP contribution in [0.5, 0.6) is 0 Å². The van der Waals surface area contributed by atoms with Crippen LogP contribution >= 0.6 is 0 Å². The maximum Gasteiger partial charge on any atom is 0.306 e. The Morgan fingerprint density at radius 2 is 1.81 bits per heavy atom. The molecule has 2 atom stereocenters. The number of nitrogens with one attached hydrogen (secondary N) is 1. The van der Waals surface area contributed by atoms with E-state index in [-0.39, 0.29) is 30.4 Å². The molecular formula is C15H17F2NO3. The van der Waals surface area contributed by atoms with Gasteiger partial charge < -0.3 is 10.4 Å². The van der Waals surface area contributed by atoms with Gasteiger partial charge >= 0.3 is 5.97 Å². The Hall–Kier alpha value is -1.98. The molecule has 0 unspecified atom stereocenters. The summed E-state index contributed by atoms with van der Waals surface area (Å²) in [4.78, 5) is 22.7. The van der Waals surface area contributed by atoms with E-state index in [0.29, 0.717) is 19.3 Å². The number of carboxylic acids is 1. The molecule has 4 nitrogen and oxygen atoms in total. The lowest BCUT2D eigenvalue weighted by atomic mass is 10.0. The summed E-state index contributed by atoms with van der Waals surface area (Å²) in [6.45, 7) is 0.130. The zero-order chi connectivity index (χ0) is 15.4. The molecule has 6 heteroatoms. The summed E-state index contributed by atoms with van der Waals surface area (Å²) in [6.07, 6.45) is 1.43. The summed E-state index contributed by atoms with van der Waals surface area (Å²) >= 11 is 0. The van der Waals surface area contributed by atoms with E-state index in [4.69, 9.17) is 5.11 Å². The Kier molecular flexibility index (Phi) is 4.88. The van der Waals surface area contributed by atoms with Gasteiger partial charge in [-0.15, -0.1) is 0 Å². The second kappa shape index (κ2) is 6.65. The summed E-state index contributed by atoms with van der Waals surface area (Å²) in [5, 5.41) is 11.5. The lowest BCUT2D eigenvalue weighted by Crippen LogP contribution is -2.31. The van der Waals surface area contributed by atoms with Gasteiger partial charge in [0.15, 0.2) is 0 Å². The van der Waals surface area contributed by atoms with Crippen LogP contribution in [-0.4, -0.2) is 23.5 Å². The molecular weight excluding hydrogens is 280 g/mol. The van der Waals surface area contributed by atoms with Crippen LogP contribution in [0.25, 0.3) is 0 Å². The van der Waals surface area contributed by atoms with Crippen molar-refractivity contribution in [3.8, 4) is 0 Å². The first-order valence-corrected chi connectivity index (χ1v) is 6.92. The summed E-state index contributed by atoms with van der Waals surface area (Å²) in [5.41, 5.74) is -0.0485. The van der Waals surface area contributed by atoms with Crippen LogP contribution in [0.1, 0.15) is 24.8 Å². The number of aliphatic carboxylic acids is 1. The fourth-order valence-corrected chi connectivity index (χ4v) is 2.67. The quantitative estimate of drug-likeness (QED) is 0.875. The predicted molar refractivity (Wildman–Crippen MR) is 71.5 cm³/mol. The maximum atomic E-state index is 13.4. The number of carbonyl (C=O) groups is 2. The standard InChI is InChI=1S/C15H17F2NO3/c16-12-2-1-3-13(17)11(12)6-7-18-14(19)9-4-5-10(8-9)15(20)21/h1-3,9-10H,4-8H2,(H,18,19)(H,20,21)/t9-,10+/m0/s1. The van der Waals surface area contributed by atoms with Crippen molar-refractivity contribution >= 4 is 11.9 Å². The molecule has 1 aromatic carbocycles. The minimum absolute atomic E-state index is 0.0485. The highest BCUT2D eigenvalue weighted by atomic mass is 19.1. The van der Waals surface area contributed by atoms with Crippen molar-refractivity contribution < 1.29 is 23.5 Å². The predicted octanol–water partition coefficient (Wildman–Crippen LogP) is 2.12. The van der Waals surface area contributed by atoms with Crippen molar-refractivity contribution in [3.63, 3.8) is 0 Å². The van der Waals surface area contributed by atoms with Crippen LogP contribution < -0.4 is 5.32 Å². The largest absolute Gasteiger partial charge is 0.481 e. The van der Waals surface area contributed by atoms with E-state index in [0.717, 1.165) is 0 Å². The summed E-state index contributed by atoms with van der Waals surface area (Å²) in [7, 11) is 0. The van der Waals surface area contributed by atoms with Gasteiger partial charge in [0.1, 0.15) is 11.6 Å². The number of hydrogen-bond acceptors (Lipinski definition) is 2. The lowest BCUT2D eigenvalue weighted by molar-refractivity contribution is -0.141. The van der Waals surface area contributed by atoms with Crippen molar-refractivity contribution in [1.29, 1.82) is 0 Å². The van der Waals surface area contributed by atoms with Gasteiger partial charge in [0.2, 0.25) is 5.91 Å². The third kappa shape index (κ3) is 3.77. The molecule has 0 heterocycles. The number of carboxylic acid groups (broad SMARTS) is 1. The highest BCUT2D eigenvalue weighted by Gasteiger charge is 2.33. The average Bonchev–Trinajstić information content (AvgIpc) is 2.92. The molecule has 114 valence electrons. The van der Waals surface area contributed by atoms with Gasteiger partial charge in [-0.1, -0.05) is 6.07 Å². The van der Waals surface area contributed by atoms with Crippen molar-refractivity contribution in [2.45, 2.75) is 25.7 Å². The lowest BCUT2D eigenvalue weighted by Gasteiger charge is -2.11. The highest BCUT2D eigenvalue weighted by Crippen LogP contribution is 2.31. The molecule has 1 saturated carbocycles. The summed E-state index contributed by atoms with van der Waals surface area (Å²) < 4.78 is 26.8. The number of rotatable bonds is 5. The van der Waals surface area contributed by atoms with Crippen LogP contribution in [0.4, 0.5) is 8.78 Å². The molecule has 2 rings (SSSR count). The first kappa shape index (κ1) is 15.4. The molecule has 0 spiro atoms. The monoisotopic (exact) mass is 297 g/mol. The van der Waals surface area contributed by atoms with E-state index in [2.05, 4.69) is 5.32 Å². The Morgan fingerprint density at radius 1 is 1.19 bits per heavy atom. The average molecular weight is 297 g/mol. The van der Waals surface area contributed by atoms with Gasteiger partial charge in [0.25, 0.3) is 0 Å². The van der Waals surface area contributed by atoms with Crippen molar-refractivity contribution in [3.05, 3.63) is 35.4 Å². The molecule has 0 aliphatic heterocycles. The molecule has 1 fully saturated rings. The van der Waals surface area contributed by atoms with Gasteiger partial charge in [-0.25, -0.2) is 8.78 Å². The number of amides is 1. The van der Waals surface area contributed by atoms with E-state index in [9.17, 15) is 18.4 Å². The zero-order valence-electron chi connectivity index (χ0n) is 11.4. The molecule has 2 N–H and O–H groups in total. The minimum atomic E-state index is -0.876. The van der Waals surface area contributed by atoms with Gasteiger partial charge in [-0.05, 0) is 37.8 Å². The minimum Gasteiger partial charge on any atom is -0.481 e. The maximum absolute atomic E-state index is 13.4. The Morgan fingerprint density at radius 3 is 2.38 bits per heavy atom. The fraction of sp³-hybridized carbons (Fsp3) is 0.467. The van der Waals surface area contributed by atoms with E-state index in [1.807, 2.05) is 0 Å². The van der Waals surface area contributed by atoms with E-state index >= 15 is 0 Å². The Labute approximate surface area is 121 Å².